The number of aryl methyl sites for hydroxylation is 1. The van der Waals surface area contributed by atoms with Crippen LogP contribution in [0.25, 0.3) is 11.2 Å². The van der Waals surface area contributed by atoms with E-state index in [1.54, 1.807) is 28.8 Å². The van der Waals surface area contributed by atoms with Gasteiger partial charge in [-0.2, -0.15) is 0 Å². The van der Waals surface area contributed by atoms with E-state index in [9.17, 15) is 14.3 Å². The molecule has 3 aromatic rings. The smallest absolute Gasteiger partial charge is 0.261 e. The fourth-order valence-corrected chi connectivity index (χ4v) is 3.53. The van der Waals surface area contributed by atoms with Gasteiger partial charge in [0.1, 0.15) is 28.5 Å². The molecule has 0 spiro atoms. The zero-order valence-electron chi connectivity index (χ0n) is 13.3. The van der Waals surface area contributed by atoms with Gasteiger partial charge >= 0.3 is 0 Å². The number of allylic oxidation sites excluding steroid dienone is 1. The molecule has 0 saturated heterocycles. The van der Waals surface area contributed by atoms with Crippen LogP contribution in [0, 0.1) is 5.82 Å². The number of nitrogens with one attached hydrogen (secondary N) is 1. The molecule has 2 N–H and O–H groups in total. The third kappa shape index (κ3) is 2.71. The van der Waals surface area contributed by atoms with E-state index in [2.05, 4.69) is 10.3 Å². The van der Waals surface area contributed by atoms with Crippen molar-refractivity contribution in [2.45, 2.75) is 12.8 Å². The molecule has 4 rings (SSSR count). The van der Waals surface area contributed by atoms with Crippen molar-refractivity contribution in [3.63, 3.8) is 0 Å². The number of benzene rings is 1. The number of hydrogen-bond acceptors (Lipinski definition) is 3. The van der Waals surface area contributed by atoms with Gasteiger partial charge < -0.3 is 14.8 Å². The maximum absolute atomic E-state index is 13.5. The number of amides is 1. The summed E-state index contributed by atoms with van der Waals surface area (Å²) in [5, 5.41) is 13.5. The highest BCUT2D eigenvalue weighted by Gasteiger charge is 2.29. The van der Waals surface area contributed by atoms with Gasteiger partial charge in [0, 0.05) is 18.7 Å². The number of nitrogens with zero attached hydrogens (tertiary/aromatic N) is 2. The first-order valence-corrected chi connectivity index (χ1v) is 8.55. The van der Waals surface area contributed by atoms with Gasteiger partial charge in [-0.1, -0.05) is 29.3 Å². The van der Waals surface area contributed by atoms with E-state index < -0.39 is 11.7 Å². The Morgan fingerprint density at radius 1 is 1.23 bits per heavy atom. The van der Waals surface area contributed by atoms with Crippen molar-refractivity contribution in [2.24, 2.45) is 0 Å². The highest BCUT2D eigenvalue weighted by Crippen LogP contribution is 2.34. The van der Waals surface area contributed by atoms with Gasteiger partial charge in [0.05, 0.1) is 21.4 Å². The summed E-state index contributed by atoms with van der Waals surface area (Å²) in [4.78, 5) is 17.2. The molecule has 8 heteroatoms. The van der Waals surface area contributed by atoms with E-state index in [1.165, 1.54) is 12.1 Å². The molecule has 0 atom stereocenters. The minimum atomic E-state index is -0.581. The van der Waals surface area contributed by atoms with Crippen molar-refractivity contribution < 1.29 is 14.3 Å². The molecule has 0 bridgehead atoms. The first-order chi connectivity index (χ1) is 12.5. The summed E-state index contributed by atoms with van der Waals surface area (Å²) in [6.45, 7) is 0. The second-order valence-corrected chi connectivity index (χ2v) is 6.67. The van der Waals surface area contributed by atoms with Crippen molar-refractivity contribution in [1.29, 1.82) is 0 Å². The van der Waals surface area contributed by atoms with Crippen molar-refractivity contribution in [2.75, 3.05) is 5.32 Å². The number of carbonyl (C=O) groups excluding carboxylic acids is 1. The van der Waals surface area contributed by atoms with Gasteiger partial charge in [-0.3, -0.25) is 4.79 Å². The standard InChI is InChI=1S/C18H12Cl2FN3O2/c19-10-2-1-3-11(20)16(10)23-18(26)15-13(25)5-4-12-17(15)22-14-8-9(21)6-7-24(12)14/h1-3,6-8,25H,4-5H2,(H,23,26). The highest BCUT2D eigenvalue weighted by atomic mass is 35.5. The van der Waals surface area contributed by atoms with Crippen molar-refractivity contribution >= 4 is 46.0 Å². The lowest BCUT2D eigenvalue weighted by Crippen LogP contribution is -2.20. The molecule has 1 aliphatic carbocycles. The highest BCUT2D eigenvalue weighted by molar-refractivity contribution is 6.41. The number of aromatic nitrogens is 2. The number of halogens is 3. The minimum Gasteiger partial charge on any atom is -0.511 e. The van der Waals surface area contributed by atoms with Crippen LogP contribution in [0.1, 0.15) is 17.8 Å². The van der Waals surface area contributed by atoms with Gasteiger partial charge in [-0.25, -0.2) is 9.37 Å². The molecule has 0 fully saturated rings. The van der Waals surface area contributed by atoms with E-state index in [-0.39, 0.29) is 33.5 Å². The summed E-state index contributed by atoms with van der Waals surface area (Å²) < 4.78 is 15.2. The predicted octanol–water partition coefficient (Wildman–Crippen LogP) is 4.63. The van der Waals surface area contributed by atoms with E-state index in [4.69, 9.17) is 23.2 Å². The summed E-state index contributed by atoms with van der Waals surface area (Å²) in [7, 11) is 0. The fraction of sp³-hybridized carbons (Fsp3) is 0.111. The SMILES string of the molecule is O=C(Nc1c(Cl)cccc1Cl)C1=C(O)CCc2c1nc1cc(F)ccn21. The molecular weight excluding hydrogens is 380 g/mol. The lowest BCUT2D eigenvalue weighted by Gasteiger charge is -2.17. The van der Waals surface area contributed by atoms with Crippen molar-refractivity contribution in [1.82, 2.24) is 9.38 Å². The Labute approximate surface area is 157 Å². The molecule has 2 aromatic heterocycles. The van der Waals surface area contributed by atoms with E-state index in [0.29, 0.717) is 17.8 Å². The van der Waals surface area contributed by atoms with Crippen LogP contribution < -0.4 is 5.32 Å². The largest absolute Gasteiger partial charge is 0.511 e. The van der Waals surface area contributed by atoms with Crippen molar-refractivity contribution in [3.8, 4) is 0 Å². The second-order valence-electron chi connectivity index (χ2n) is 5.85. The van der Waals surface area contributed by atoms with Gasteiger partial charge in [0.15, 0.2) is 0 Å². The molecule has 0 aliphatic heterocycles. The third-order valence-corrected chi connectivity index (χ3v) is 4.87. The minimum absolute atomic E-state index is 0.0337. The third-order valence-electron chi connectivity index (χ3n) is 4.24. The van der Waals surface area contributed by atoms with Gasteiger partial charge in [-0.05, 0) is 24.6 Å². The number of hydrogen-bond donors (Lipinski definition) is 2. The number of pyridine rings is 1. The molecule has 0 saturated carbocycles. The number of fused-ring (bicyclic) bond motifs is 3. The monoisotopic (exact) mass is 391 g/mol. The Morgan fingerprint density at radius 2 is 1.96 bits per heavy atom. The van der Waals surface area contributed by atoms with Gasteiger partial charge in [0.2, 0.25) is 0 Å². The quantitative estimate of drug-likeness (QED) is 0.668. The molecule has 0 unspecified atom stereocenters. The summed E-state index contributed by atoms with van der Waals surface area (Å²) in [6, 6.07) is 7.44. The van der Waals surface area contributed by atoms with Gasteiger partial charge in [-0.15, -0.1) is 0 Å². The molecule has 1 amide bonds. The molecule has 132 valence electrons. The number of rotatable bonds is 2. The number of aliphatic hydroxyl groups is 1. The Morgan fingerprint density at radius 3 is 2.69 bits per heavy atom. The Balaban J connectivity index is 1.79. The van der Waals surface area contributed by atoms with Crippen LogP contribution in [0.15, 0.2) is 42.3 Å². The molecule has 26 heavy (non-hydrogen) atoms. The summed E-state index contributed by atoms with van der Waals surface area (Å²) in [6.07, 6.45) is 2.31. The molecule has 1 aromatic carbocycles. The average molecular weight is 392 g/mol. The molecule has 5 nitrogen and oxygen atoms in total. The van der Waals surface area contributed by atoms with Crippen LogP contribution in [-0.2, 0) is 11.2 Å². The molecular formula is C18H12Cl2FN3O2. The fourth-order valence-electron chi connectivity index (χ4n) is 3.04. The summed E-state index contributed by atoms with van der Waals surface area (Å²) in [5.74, 6) is -1.09. The van der Waals surface area contributed by atoms with Gasteiger partial charge in [0.25, 0.3) is 5.91 Å². The Bertz CT molecular complexity index is 1070. The van der Waals surface area contributed by atoms with Crippen molar-refractivity contribution in [3.05, 3.63) is 69.5 Å². The average Bonchev–Trinajstić information content (AvgIpc) is 2.95. The van der Waals surface area contributed by atoms with Crippen LogP contribution >= 0.6 is 23.2 Å². The molecule has 1 aliphatic rings. The Hall–Kier alpha value is -2.57. The molecule has 2 heterocycles. The number of imidazole rings is 1. The number of anilines is 1. The predicted molar refractivity (Wildman–Crippen MR) is 98.1 cm³/mol. The lowest BCUT2D eigenvalue weighted by molar-refractivity contribution is -0.111. The topological polar surface area (TPSA) is 66.6 Å². The summed E-state index contributed by atoms with van der Waals surface area (Å²) in [5.41, 5.74) is 1.70. The van der Waals surface area contributed by atoms with Crippen LogP contribution in [0.3, 0.4) is 0 Å². The maximum atomic E-state index is 13.5. The van der Waals surface area contributed by atoms with Crippen LogP contribution in [0.4, 0.5) is 10.1 Å². The Kier molecular flexibility index (Phi) is 4.09. The number of aliphatic hydroxyl groups excluding tert-OH is 1. The zero-order chi connectivity index (χ0) is 18.4. The maximum Gasteiger partial charge on any atom is 0.261 e. The van der Waals surface area contributed by atoms with Crippen LogP contribution in [0.5, 0.6) is 0 Å². The van der Waals surface area contributed by atoms with E-state index >= 15 is 0 Å². The number of carbonyl (C=O) groups is 1. The van der Waals surface area contributed by atoms with E-state index in [0.717, 1.165) is 5.69 Å². The second kappa shape index (κ2) is 6.30. The number of para-hydroxylation sites is 1. The first-order valence-electron chi connectivity index (χ1n) is 7.80. The van der Waals surface area contributed by atoms with Crippen LogP contribution in [-0.4, -0.2) is 20.4 Å². The van der Waals surface area contributed by atoms with E-state index in [1.807, 2.05) is 0 Å². The molecule has 0 radical (unpaired) electrons. The zero-order valence-corrected chi connectivity index (χ0v) is 14.8. The normalized spacial score (nSPS) is 13.8. The first kappa shape index (κ1) is 16.9. The van der Waals surface area contributed by atoms with Crippen LogP contribution in [0.2, 0.25) is 10.0 Å². The lowest BCUT2D eigenvalue weighted by atomic mass is 9.97. The summed E-state index contributed by atoms with van der Waals surface area (Å²) >= 11 is 12.2.